The lowest BCUT2D eigenvalue weighted by Crippen LogP contribution is -2.42. The van der Waals surface area contributed by atoms with Crippen molar-refractivity contribution in [2.75, 3.05) is 0 Å². The van der Waals surface area contributed by atoms with Gasteiger partial charge in [0.25, 0.3) is 0 Å². The molecule has 0 radical (unpaired) electrons. The highest BCUT2D eigenvalue weighted by Gasteiger charge is 2.27. The van der Waals surface area contributed by atoms with E-state index in [1.165, 1.54) is 19.3 Å². The number of nitrogens with one attached hydrogen (secondary N) is 1. The topological polar surface area (TPSA) is 49.3 Å². The normalized spacial score (nSPS) is 27.7. The van der Waals surface area contributed by atoms with Crippen molar-refractivity contribution in [1.29, 1.82) is 0 Å². The van der Waals surface area contributed by atoms with Crippen LogP contribution in [0.25, 0.3) is 0 Å². The van der Waals surface area contributed by atoms with Crippen LogP contribution in [0, 0.1) is 11.8 Å². The van der Waals surface area contributed by atoms with Crippen molar-refractivity contribution in [2.24, 2.45) is 11.8 Å². The van der Waals surface area contributed by atoms with E-state index in [4.69, 9.17) is 5.11 Å². The zero-order chi connectivity index (χ0) is 13.5. The van der Waals surface area contributed by atoms with Crippen LogP contribution in [-0.4, -0.2) is 23.2 Å². The van der Waals surface area contributed by atoms with Gasteiger partial charge in [-0.05, 0) is 44.9 Å². The smallest absolute Gasteiger partial charge is 0.306 e. The molecule has 3 heteroatoms. The molecule has 0 aromatic rings. The monoisotopic (exact) mass is 255 g/mol. The molecule has 18 heavy (non-hydrogen) atoms. The van der Waals surface area contributed by atoms with E-state index in [0.717, 1.165) is 25.7 Å². The molecule has 1 aliphatic carbocycles. The summed E-state index contributed by atoms with van der Waals surface area (Å²) in [7, 11) is 0. The van der Waals surface area contributed by atoms with Crippen molar-refractivity contribution in [3.8, 4) is 0 Å². The SMILES string of the molecule is CCCCC(C)C(C)NC1CCC(C(=O)O)CC1. The minimum Gasteiger partial charge on any atom is -0.481 e. The molecule has 2 unspecified atom stereocenters. The van der Waals surface area contributed by atoms with Gasteiger partial charge in [-0.1, -0.05) is 26.7 Å². The molecule has 1 rings (SSSR count). The fourth-order valence-electron chi connectivity index (χ4n) is 2.82. The molecule has 2 N–H and O–H groups in total. The van der Waals surface area contributed by atoms with Gasteiger partial charge < -0.3 is 10.4 Å². The summed E-state index contributed by atoms with van der Waals surface area (Å²) < 4.78 is 0. The molecular formula is C15H29NO2. The van der Waals surface area contributed by atoms with E-state index in [0.29, 0.717) is 18.0 Å². The highest BCUT2D eigenvalue weighted by atomic mass is 16.4. The average molecular weight is 255 g/mol. The van der Waals surface area contributed by atoms with Crippen LogP contribution in [0.3, 0.4) is 0 Å². The molecule has 106 valence electrons. The largest absolute Gasteiger partial charge is 0.481 e. The van der Waals surface area contributed by atoms with Crippen LogP contribution in [0.5, 0.6) is 0 Å². The number of carboxylic acids is 1. The van der Waals surface area contributed by atoms with E-state index in [1.54, 1.807) is 0 Å². The number of hydrogen-bond acceptors (Lipinski definition) is 2. The molecule has 1 fully saturated rings. The van der Waals surface area contributed by atoms with Gasteiger partial charge in [0.1, 0.15) is 0 Å². The minimum atomic E-state index is -0.613. The number of carboxylic acid groups (broad SMARTS) is 1. The van der Waals surface area contributed by atoms with Crippen LogP contribution in [0.4, 0.5) is 0 Å². The molecular weight excluding hydrogens is 226 g/mol. The third-order valence-corrected chi connectivity index (χ3v) is 4.44. The van der Waals surface area contributed by atoms with Gasteiger partial charge in [0.2, 0.25) is 0 Å². The van der Waals surface area contributed by atoms with Crippen molar-refractivity contribution in [3.63, 3.8) is 0 Å². The van der Waals surface area contributed by atoms with E-state index in [1.807, 2.05) is 0 Å². The van der Waals surface area contributed by atoms with Gasteiger partial charge in [0.05, 0.1) is 5.92 Å². The maximum atomic E-state index is 10.9. The highest BCUT2D eigenvalue weighted by Crippen LogP contribution is 2.25. The molecule has 1 saturated carbocycles. The molecule has 0 aromatic carbocycles. The third-order valence-electron chi connectivity index (χ3n) is 4.44. The van der Waals surface area contributed by atoms with Gasteiger partial charge in [0.15, 0.2) is 0 Å². The molecule has 1 aliphatic rings. The summed E-state index contributed by atoms with van der Waals surface area (Å²) in [5.74, 6) is -0.00386. The van der Waals surface area contributed by atoms with Gasteiger partial charge in [0, 0.05) is 12.1 Å². The quantitative estimate of drug-likeness (QED) is 0.732. The minimum absolute atomic E-state index is 0.101. The second-order valence-corrected chi connectivity index (χ2v) is 5.96. The van der Waals surface area contributed by atoms with Crippen molar-refractivity contribution < 1.29 is 9.90 Å². The molecule has 0 amide bonds. The maximum Gasteiger partial charge on any atom is 0.306 e. The van der Waals surface area contributed by atoms with E-state index < -0.39 is 5.97 Å². The summed E-state index contributed by atoms with van der Waals surface area (Å²) in [5, 5.41) is 12.7. The number of hydrogen-bond donors (Lipinski definition) is 2. The summed E-state index contributed by atoms with van der Waals surface area (Å²) in [6.45, 7) is 6.82. The Morgan fingerprint density at radius 3 is 2.39 bits per heavy atom. The van der Waals surface area contributed by atoms with Gasteiger partial charge in [-0.3, -0.25) is 4.79 Å². The van der Waals surface area contributed by atoms with Gasteiger partial charge >= 0.3 is 5.97 Å². The number of rotatable bonds is 7. The predicted molar refractivity (Wildman–Crippen MR) is 74.7 cm³/mol. The fourth-order valence-corrected chi connectivity index (χ4v) is 2.82. The van der Waals surface area contributed by atoms with Crippen LogP contribution in [-0.2, 0) is 4.79 Å². The molecule has 0 aromatic heterocycles. The van der Waals surface area contributed by atoms with Gasteiger partial charge in [-0.2, -0.15) is 0 Å². The zero-order valence-electron chi connectivity index (χ0n) is 12.1. The van der Waals surface area contributed by atoms with Gasteiger partial charge in [-0.15, -0.1) is 0 Å². The van der Waals surface area contributed by atoms with Crippen molar-refractivity contribution in [2.45, 2.75) is 77.8 Å². The lowest BCUT2D eigenvalue weighted by Gasteiger charge is -2.31. The third kappa shape index (κ3) is 4.97. The Hall–Kier alpha value is -0.570. The second-order valence-electron chi connectivity index (χ2n) is 5.96. The number of carbonyl (C=O) groups is 1. The molecule has 0 bridgehead atoms. The van der Waals surface area contributed by atoms with Crippen LogP contribution in [0.1, 0.15) is 65.7 Å². The van der Waals surface area contributed by atoms with Crippen LogP contribution in [0.2, 0.25) is 0 Å². The fraction of sp³-hybridized carbons (Fsp3) is 0.933. The van der Waals surface area contributed by atoms with Crippen LogP contribution >= 0.6 is 0 Å². The Morgan fingerprint density at radius 2 is 1.89 bits per heavy atom. The lowest BCUT2D eigenvalue weighted by molar-refractivity contribution is -0.142. The Bertz CT molecular complexity index is 247. The molecule has 0 saturated heterocycles. The second kappa shape index (κ2) is 7.78. The Balaban J connectivity index is 2.25. The van der Waals surface area contributed by atoms with Crippen molar-refractivity contribution in [3.05, 3.63) is 0 Å². The number of unbranched alkanes of at least 4 members (excludes halogenated alkanes) is 1. The van der Waals surface area contributed by atoms with Crippen molar-refractivity contribution in [1.82, 2.24) is 5.32 Å². The molecule has 3 nitrogen and oxygen atoms in total. The van der Waals surface area contributed by atoms with E-state index >= 15 is 0 Å². The Kier molecular flexibility index (Phi) is 6.69. The first-order chi connectivity index (χ1) is 8.54. The standard InChI is InChI=1S/C15H29NO2/c1-4-5-6-11(2)12(3)16-14-9-7-13(8-10-14)15(17)18/h11-14,16H,4-10H2,1-3H3,(H,17,18). The average Bonchev–Trinajstić information content (AvgIpc) is 2.36. The number of aliphatic carboxylic acids is 1. The first kappa shape index (κ1) is 15.5. The highest BCUT2D eigenvalue weighted by molar-refractivity contribution is 5.70. The van der Waals surface area contributed by atoms with Gasteiger partial charge in [-0.25, -0.2) is 0 Å². The molecule has 0 spiro atoms. The molecule has 0 aliphatic heterocycles. The van der Waals surface area contributed by atoms with Crippen molar-refractivity contribution >= 4 is 5.97 Å². The summed E-state index contributed by atoms with van der Waals surface area (Å²) in [5.41, 5.74) is 0. The molecule has 0 heterocycles. The van der Waals surface area contributed by atoms with E-state index in [2.05, 4.69) is 26.1 Å². The van der Waals surface area contributed by atoms with E-state index in [9.17, 15) is 4.79 Å². The first-order valence-corrected chi connectivity index (χ1v) is 7.53. The summed E-state index contributed by atoms with van der Waals surface area (Å²) in [6.07, 6.45) is 7.56. The predicted octanol–water partition coefficient (Wildman–Crippen LogP) is 3.43. The molecule has 2 atom stereocenters. The van der Waals surface area contributed by atoms with Crippen LogP contribution in [0.15, 0.2) is 0 Å². The maximum absolute atomic E-state index is 10.9. The first-order valence-electron chi connectivity index (χ1n) is 7.53. The van der Waals surface area contributed by atoms with E-state index in [-0.39, 0.29) is 5.92 Å². The Labute approximate surface area is 111 Å². The lowest BCUT2D eigenvalue weighted by atomic mass is 9.85. The summed E-state index contributed by atoms with van der Waals surface area (Å²) in [6, 6.07) is 1.07. The zero-order valence-corrected chi connectivity index (χ0v) is 12.1. The Morgan fingerprint density at radius 1 is 1.28 bits per heavy atom. The summed E-state index contributed by atoms with van der Waals surface area (Å²) >= 11 is 0. The summed E-state index contributed by atoms with van der Waals surface area (Å²) in [4.78, 5) is 10.9. The van der Waals surface area contributed by atoms with Crippen LogP contribution < -0.4 is 5.32 Å².